The van der Waals surface area contributed by atoms with Gasteiger partial charge in [-0.15, -0.1) is 0 Å². The van der Waals surface area contributed by atoms with Crippen LogP contribution in [0.15, 0.2) is 34.4 Å². The first-order chi connectivity index (χ1) is 8.17. The minimum Gasteiger partial charge on any atom is -0.390 e. The molecule has 102 valence electrons. The molecule has 18 heavy (non-hydrogen) atoms. The van der Waals surface area contributed by atoms with Gasteiger partial charge in [0.25, 0.3) is 0 Å². The van der Waals surface area contributed by atoms with Crippen LogP contribution >= 0.6 is 0 Å². The van der Waals surface area contributed by atoms with Crippen molar-refractivity contribution in [2.75, 3.05) is 0 Å². The third-order valence-electron chi connectivity index (χ3n) is 4.06. The average Bonchev–Trinajstić information content (AvgIpc) is 2.47. The van der Waals surface area contributed by atoms with E-state index < -0.39 is 11.7 Å². The van der Waals surface area contributed by atoms with Gasteiger partial charge >= 0.3 is 0 Å². The summed E-state index contributed by atoms with van der Waals surface area (Å²) < 4.78 is 0. The molecule has 0 saturated heterocycles. The molecule has 0 radical (unpaired) electrons. The number of aliphatic hydroxyl groups is 2. The van der Waals surface area contributed by atoms with Crippen LogP contribution in [-0.4, -0.2) is 21.9 Å². The first-order valence-corrected chi connectivity index (χ1v) is 6.56. The topological polar surface area (TPSA) is 40.5 Å². The van der Waals surface area contributed by atoms with E-state index in [-0.39, 0.29) is 5.92 Å². The zero-order chi connectivity index (χ0) is 14.1. The van der Waals surface area contributed by atoms with Gasteiger partial charge in [0.15, 0.2) is 0 Å². The van der Waals surface area contributed by atoms with Crippen molar-refractivity contribution >= 4 is 0 Å². The Hall–Kier alpha value is -0.860. The monoisotopic (exact) mass is 250 g/mol. The summed E-state index contributed by atoms with van der Waals surface area (Å²) in [6.07, 6.45) is 3.97. The predicted octanol–water partition coefficient (Wildman–Crippen LogP) is 3.37. The van der Waals surface area contributed by atoms with E-state index >= 15 is 0 Å². The second kappa shape index (κ2) is 5.41. The zero-order valence-electron chi connectivity index (χ0n) is 12.4. The summed E-state index contributed by atoms with van der Waals surface area (Å²) >= 11 is 0. The van der Waals surface area contributed by atoms with Crippen LogP contribution in [0.5, 0.6) is 0 Å². The molecule has 2 nitrogen and oxygen atoms in total. The van der Waals surface area contributed by atoms with Gasteiger partial charge in [0, 0.05) is 5.92 Å². The highest BCUT2D eigenvalue weighted by Crippen LogP contribution is 2.42. The van der Waals surface area contributed by atoms with Gasteiger partial charge in [-0.1, -0.05) is 34.4 Å². The van der Waals surface area contributed by atoms with Crippen LogP contribution in [0, 0.1) is 5.92 Å². The van der Waals surface area contributed by atoms with Crippen LogP contribution in [-0.2, 0) is 0 Å². The summed E-state index contributed by atoms with van der Waals surface area (Å²) in [6, 6.07) is 0. The Morgan fingerprint density at radius 1 is 1.22 bits per heavy atom. The fraction of sp³-hybridized carbons (Fsp3) is 0.625. The maximum absolute atomic E-state index is 10.4. The molecule has 0 unspecified atom stereocenters. The van der Waals surface area contributed by atoms with E-state index in [9.17, 15) is 10.2 Å². The first-order valence-electron chi connectivity index (χ1n) is 6.56. The maximum Gasteiger partial charge on any atom is 0.0980 e. The number of aliphatic hydroxyl groups excluding tert-OH is 1. The van der Waals surface area contributed by atoms with Crippen LogP contribution in [0.4, 0.5) is 0 Å². The molecule has 0 aromatic carbocycles. The normalized spacial score (nSPS) is 32.1. The summed E-state index contributed by atoms with van der Waals surface area (Å²) in [5.41, 5.74) is 3.76. The van der Waals surface area contributed by atoms with Crippen LogP contribution in [0.1, 0.15) is 48.0 Å². The number of rotatable bonds is 2. The van der Waals surface area contributed by atoms with Gasteiger partial charge in [0.05, 0.1) is 11.7 Å². The SMILES string of the molecule is CC(C)=C(C)/C=C/[C@H]1C(=C(C)C)C[C@H](O)[C@]1(C)O. The predicted molar refractivity (Wildman–Crippen MR) is 76.3 cm³/mol. The van der Waals surface area contributed by atoms with Crippen LogP contribution in [0.3, 0.4) is 0 Å². The molecule has 0 spiro atoms. The summed E-state index contributed by atoms with van der Waals surface area (Å²) in [7, 11) is 0. The summed E-state index contributed by atoms with van der Waals surface area (Å²) in [5, 5.41) is 20.4. The molecule has 1 aliphatic carbocycles. The Morgan fingerprint density at radius 3 is 2.22 bits per heavy atom. The number of allylic oxidation sites excluding steroid dienone is 4. The first kappa shape index (κ1) is 15.2. The largest absolute Gasteiger partial charge is 0.390 e. The van der Waals surface area contributed by atoms with Crippen molar-refractivity contribution in [3.63, 3.8) is 0 Å². The van der Waals surface area contributed by atoms with Crippen LogP contribution < -0.4 is 0 Å². The van der Waals surface area contributed by atoms with Gasteiger partial charge in [0.2, 0.25) is 0 Å². The van der Waals surface area contributed by atoms with Crippen molar-refractivity contribution in [2.24, 2.45) is 5.92 Å². The molecule has 2 heteroatoms. The Kier molecular flexibility index (Phi) is 4.57. The standard InChI is InChI=1S/C16H26O2/c1-10(2)12(5)7-8-14-13(11(3)4)9-15(17)16(14,6)18/h7-8,14-15,17-18H,9H2,1-6H3/b8-7+/t14-,15-,16+/m0/s1. The van der Waals surface area contributed by atoms with Crippen molar-refractivity contribution in [3.8, 4) is 0 Å². The highest BCUT2D eigenvalue weighted by molar-refractivity contribution is 5.33. The van der Waals surface area contributed by atoms with Gasteiger partial charge in [-0.05, 0) is 48.0 Å². The molecule has 3 atom stereocenters. The Bertz CT molecular complexity index is 403. The third kappa shape index (κ3) is 2.93. The molecule has 1 aliphatic rings. The van der Waals surface area contributed by atoms with Gasteiger partial charge in [-0.2, -0.15) is 0 Å². The van der Waals surface area contributed by atoms with E-state index in [1.54, 1.807) is 6.92 Å². The van der Waals surface area contributed by atoms with Crippen molar-refractivity contribution in [1.29, 1.82) is 0 Å². The smallest absolute Gasteiger partial charge is 0.0980 e. The number of hydrogen-bond donors (Lipinski definition) is 2. The molecule has 0 bridgehead atoms. The highest BCUT2D eigenvalue weighted by atomic mass is 16.3. The van der Waals surface area contributed by atoms with E-state index in [1.165, 1.54) is 16.7 Å². The van der Waals surface area contributed by atoms with Crippen molar-refractivity contribution < 1.29 is 10.2 Å². The summed E-state index contributed by atoms with van der Waals surface area (Å²) in [5.74, 6) is -0.0909. The van der Waals surface area contributed by atoms with E-state index in [4.69, 9.17) is 0 Å². The van der Waals surface area contributed by atoms with E-state index in [0.29, 0.717) is 6.42 Å². The van der Waals surface area contributed by atoms with Crippen LogP contribution in [0.25, 0.3) is 0 Å². The molecule has 0 amide bonds. The van der Waals surface area contributed by atoms with Crippen molar-refractivity contribution in [1.82, 2.24) is 0 Å². The third-order valence-corrected chi connectivity index (χ3v) is 4.06. The lowest BCUT2D eigenvalue weighted by atomic mass is 9.87. The van der Waals surface area contributed by atoms with Gasteiger partial charge in [-0.25, -0.2) is 0 Å². The lowest BCUT2D eigenvalue weighted by Gasteiger charge is -2.27. The molecule has 0 heterocycles. The zero-order valence-corrected chi connectivity index (χ0v) is 12.4. The van der Waals surface area contributed by atoms with Gasteiger partial charge in [-0.3, -0.25) is 0 Å². The minimum absolute atomic E-state index is 0.0909. The summed E-state index contributed by atoms with van der Waals surface area (Å²) in [4.78, 5) is 0. The Labute approximate surface area is 111 Å². The molecular formula is C16H26O2. The van der Waals surface area contributed by atoms with E-state index in [1.807, 2.05) is 19.9 Å². The fourth-order valence-electron chi connectivity index (χ4n) is 2.34. The number of hydrogen-bond acceptors (Lipinski definition) is 2. The second-order valence-corrected chi connectivity index (χ2v) is 5.99. The molecule has 1 saturated carbocycles. The fourth-order valence-corrected chi connectivity index (χ4v) is 2.34. The van der Waals surface area contributed by atoms with Gasteiger partial charge < -0.3 is 10.2 Å². The van der Waals surface area contributed by atoms with E-state index in [0.717, 1.165) is 5.57 Å². The van der Waals surface area contributed by atoms with E-state index in [2.05, 4.69) is 26.8 Å². The quantitative estimate of drug-likeness (QED) is 0.583. The molecule has 1 fully saturated rings. The summed E-state index contributed by atoms with van der Waals surface area (Å²) in [6.45, 7) is 12.0. The molecule has 0 aromatic heterocycles. The highest BCUT2D eigenvalue weighted by Gasteiger charge is 2.46. The molecule has 0 aromatic rings. The minimum atomic E-state index is -1.06. The lowest BCUT2D eigenvalue weighted by Crippen LogP contribution is -2.39. The lowest BCUT2D eigenvalue weighted by molar-refractivity contribution is -0.0547. The van der Waals surface area contributed by atoms with Crippen molar-refractivity contribution in [2.45, 2.75) is 59.7 Å². The second-order valence-electron chi connectivity index (χ2n) is 5.99. The van der Waals surface area contributed by atoms with Gasteiger partial charge in [0.1, 0.15) is 0 Å². The molecule has 1 rings (SSSR count). The molecule has 2 N–H and O–H groups in total. The van der Waals surface area contributed by atoms with Crippen molar-refractivity contribution in [3.05, 3.63) is 34.4 Å². The Balaban J connectivity index is 3.11. The molecule has 0 aliphatic heterocycles. The Morgan fingerprint density at radius 2 is 1.78 bits per heavy atom. The van der Waals surface area contributed by atoms with Crippen LogP contribution in [0.2, 0.25) is 0 Å². The maximum atomic E-state index is 10.4. The molecular weight excluding hydrogens is 224 g/mol. The average molecular weight is 250 g/mol.